The highest BCUT2D eigenvalue weighted by Gasteiger charge is 2.23. The predicted octanol–water partition coefficient (Wildman–Crippen LogP) is 12.4. The summed E-state index contributed by atoms with van der Waals surface area (Å²) in [6, 6.07) is 58.4. The average Bonchev–Trinajstić information content (AvgIpc) is 3.73. The zero-order valence-corrected chi connectivity index (χ0v) is 29.5. The molecular formula is C48H35N5. The number of aryl methyl sites for hydroxylation is 2. The largest absolute Gasteiger partial charge is 0.310 e. The Hall–Kier alpha value is -6.98. The third kappa shape index (κ3) is 5.01. The van der Waals surface area contributed by atoms with Crippen molar-refractivity contribution >= 4 is 60.7 Å². The van der Waals surface area contributed by atoms with E-state index >= 15 is 0 Å². The van der Waals surface area contributed by atoms with Crippen LogP contribution < -0.4 is 4.90 Å². The van der Waals surface area contributed by atoms with Crippen LogP contribution in [0.3, 0.4) is 0 Å². The SMILES string of the molecule is Cc1cnc(-c2cccc(N(c3ccccc3)c3ccc4c5c(ccc6c7ccccc7n(-c7ccccc7)c65)n(-c5ccccn5)c4c3)c2)cc1C. The van der Waals surface area contributed by atoms with Crippen LogP contribution in [0.5, 0.6) is 0 Å². The maximum Gasteiger partial charge on any atom is 0.137 e. The van der Waals surface area contributed by atoms with Gasteiger partial charge in [0, 0.05) is 62.3 Å². The van der Waals surface area contributed by atoms with Crippen molar-refractivity contribution < 1.29 is 0 Å². The fourth-order valence-electron chi connectivity index (χ4n) is 7.87. The van der Waals surface area contributed by atoms with E-state index < -0.39 is 0 Å². The Morgan fingerprint density at radius 2 is 1.21 bits per heavy atom. The van der Waals surface area contributed by atoms with E-state index in [9.17, 15) is 0 Å². The highest BCUT2D eigenvalue weighted by atomic mass is 15.1. The van der Waals surface area contributed by atoms with Crippen LogP contribution in [0.2, 0.25) is 0 Å². The summed E-state index contributed by atoms with van der Waals surface area (Å²) in [4.78, 5) is 12.0. The summed E-state index contributed by atoms with van der Waals surface area (Å²) >= 11 is 0. The summed E-state index contributed by atoms with van der Waals surface area (Å²) in [5, 5.41) is 4.82. The quantitative estimate of drug-likeness (QED) is 0.175. The lowest BCUT2D eigenvalue weighted by Gasteiger charge is -2.26. The number of aromatic nitrogens is 4. The maximum absolute atomic E-state index is 4.91. The molecule has 6 aromatic carbocycles. The smallest absolute Gasteiger partial charge is 0.137 e. The van der Waals surface area contributed by atoms with Gasteiger partial charge in [0.05, 0.1) is 27.8 Å². The summed E-state index contributed by atoms with van der Waals surface area (Å²) in [5.41, 5.74) is 13.3. The van der Waals surface area contributed by atoms with Gasteiger partial charge in [-0.3, -0.25) is 9.55 Å². The minimum Gasteiger partial charge on any atom is -0.310 e. The lowest BCUT2D eigenvalue weighted by molar-refractivity contribution is 1.08. The van der Waals surface area contributed by atoms with Crippen molar-refractivity contribution in [1.82, 2.24) is 19.1 Å². The van der Waals surface area contributed by atoms with E-state index in [1.807, 2.05) is 18.5 Å². The first-order valence-electron chi connectivity index (χ1n) is 18.0. The number of hydrogen-bond acceptors (Lipinski definition) is 3. The first-order chi connectivity index (χ1) is 26.1. The van der Waals surface area contributed by atoms with Gasteiger partial charge in [0.1, 0.15) is 5.82 Å². The molecule has 10 aromatic rings. The molecule has 0 N–H and O–H groups in total. The van der Waals surface area contributed by atoms with Crippen LogP contribution in [0.4, 0.5) is 17.1 Å². The van der Waals surface area contributed by atoms with E-state index in [2.05, 4.69) is 186 Å². The zero-order chi connectivity index (χ0) is 35.5. The van der Waals surface area contributed by atoms with Crippen LogP contribution in [-0.2, 0) is 0 Å². The predicted molar refractivity (Wildman–Crippen MR) is 220 cm³/mol. The van der Waals surface area contributed by atoms with Crippen LogP contribution in [0.25, 0.3) is 66.4 Å². The van der Waals surface area contributed by atoms with Gasteiger partial charge in [0.25, 0.3) is 0 Å². The minimum absolute atomic E-state index is 0.875. The lowest BCUT2D eigenvalue weighted by atomic mass is 10.0. The molecule has 0 unspecified atom stereocenters. The molecule has 0 bridgehead atoms. The average molecular weight is 682 g/mol. The van der Waals surface area contributed by atoms with Crippen molar-refractivity contribution in [2.24, 2.45) is 0 Å². The van der Waals surface area contributed by atoms with Gasteiger partial charge in [0.2, 0.25) is 0 Å². The van der Waals surface area contributed by atoms with Gasteiger partial charge in [-0.15, -0.1) is 0 Å². The Bertz CT molecular complexity index is 2960. The third-order valence-corrected chi connectivity index (χ3v) is 10.5. The van der Waals surface area contributed by atoms with Gasteiger partial charge in [0.15, 0.2) is 0 Å². The third-order valence-electron chi connectivity index (χ3n) is 10.5. The van der Waals surface area contributed by atoms with Crippen LogP contribution in [-0.4, -0.2) is 19.1 Å². The minimum atomic E-state index is 0.875. The van der Waals surface area contributed by atoms with Gasteiger partial charge in [-0.25, -0.2) is 4.98 Å². The molecule has 0 atom stereocenters. The van der Waals surface area contributed by atoms with Gasteiger partial charge in [-0.2, -0.15) is 0 Å². The Morgan fingerprint density at radius 3 is 2.02 bits per heavy atom. The molecule has 0 radical (unpaired) electrons. The molecule has 10 rings (SSSR count). The van der Waals surface area contributed by atoms with Gasteiger partial charge < -0.3 is 9.47 Å². The number of para-hydroxylation sites is 3. The molecule has 0 aliphatic carbocycles. The molecule has 53 heavy (non-hydrogen) atoms. The van der Waals surface area contributed by atoms with Crippen molar-refractivity contribution in [3.8, 4) is 22.8 Å². The summed E-state index contributed by atoms with van der Waals surface area (Å²) in [6.07, 6.45) is 3.84. The molecule has 5 nitrogen and oxygen atoms in total. The number of pyridine rings is 2. The number of hydrogen-bond donors (Lipinski definition) is 0. The van der Waals surface area contributed by atoms with Crippen LogP contribution in [0.1, 0.15) is 11.1 Å². The number of fused-ring (bicyclic) bond motifs is 7. The molecule has 0 saturated carbocycles. The maximum atomic E-state index is 4.91. The normalized spacial score (nSPS) is 11.6. The van der Waals surface area contributed by atoms with E-state index in [1.54, 1.807) is 0 Å². The van der Waals surface area contributed by atoms with Crippen molar-refractivity contribution in [3.63, 3.8) is 0 Å². The lowest BCUT2D eigenvalue weighted by Crippen LogP contribution is -2.10. The monoisotopic (exact) mass is 681 g/mol. The number of benzene rings is 6. The van der Waals surface area contributed by atoms with Gasteiger partial charge in [-0.05, 0) is 104 Å². The molecule has 252 valence electrons. The standard InChI is InChI=1S/C48H35N5/c1-32-28-42(50-31-33(32)2)34-14-13-19-37(29-34)51(35-15-5-3-6-16-35)38-23-24-41-45(30-38)53(46-22-11-12-27-49-46)44-26-25-40-39-20-9-10-21-43(39)52(48(40)47(41)44)36-17-7-4-8-18-36/h3-31H,1-2H3. The van der Waals surface area contributed by atoms with Gasteiger partial charge >= 0.3 is 0 Å². The van der Waals surface area contributed by atoms with E-state index in [0.29, 0.717) is 0 Å². The summed E-state index contributed by atoms with van der Waals surface area (Å²) < 4.78 is 4.74. The molecule has 0 fully saturated rings. The Kier molecular flexibility index (Phi) is 7.18. The number of anilines is 3. The van der Waals surface area contributed by atoms with Crippen molar-refractivity contribution in [1.29, 1.82) is 0 Å². The molecule has 5 heteroatoms. The number of nitrogens with zero attached hydrogens (tertiary/aromatic N) is 5. The van der Waals surface area contributed by atoms with Gasteiger partial charge in [-0.1, -0.05) is 84.9 Å². The van der Waals surface area contributed by atoms with Crippen LogP contribution >= 0.6 is 0 Å². The van der Waals surface area contributed by atoms with E-state index in [-0.39, 0.29) is 0 Å². The summed E-state index contributed by atoms with van der Waals surface area (Å²) in [7, 11) is 0. The molecule has 0 aliphatic rings. The van der Waals surface area contributed by atoms with Crippen LogP contribution in [0, 0.1) is 13.8 Å². The zero-order valence-electron chi connectivity index (χ0n) is 29.5. The van der Waals surface area contributed by atoms with Crippen LogP contribution in [0.15, 0.2) is 176 Å². The fourth-order valence-corrected chi connectivity index (χ4v) is 7.87. The Labute approximate surface area is 307 Å². The second kappa shape index (κ2) is 12.4. The summed E-state index contributed by atoms with van der Waals surface area (Å²) in [6.45, 7) is 4.25. The second-order valence-electron chi connectivity index (χ2n) is 13.6. The fraction of sp³-hybridized carbons (Fsp3) is 0.0417. The molecule has 0 spiro atoms. The van der Waals surface area contributed by atoms with Crippen molar-refractivity contribution in [3.05, 3.63) is 187 Å². The highest BCUT2D eigenvalue weighted by molar-refractivity contribution is 6.26. The molecule has 0 saturated heterocycles. The first-order valence-corrected chi connectivity index (χ1v) is 18.0. The van der Waals surface area contributed by atoms with Crippen molar-refractivity contribution in [2.75, 3.05) is 4.90 Å². The Balaban J connectivity index is 1.27. The highest BCUT2D eigenvalue weighted by Crippen LogP contribution is 2.44. The molecule has 0 amide bonds. The molecular weight excluding hydrogens is 647 g/mol. The summed E-state index contributed by atoms with van der Waals surface area (Å²) in [5.74, 6) is 0.875. The Morgan fingerprint density at radius 1 is 0.472 bits per heavy atom. The first kappa shape index (κ1) is 30.8. The van der Waals surface area contributed by atoms with E-state index in [4.69, 9.17) is 9.97 Å². The molecule has 4 aromatic heterocycles. The van der Waals surface area contributed by atoms with E-state index in [0.717, 1.165) is 50.9 Å². The topological polar surface area (TPSA) is 38.9 Å². The van der Waals surface area contributed by atoms with E-state index in [1.165, 1.54) is 43.7 Å². The van der Waals surface area contributed by atoms with Crippen molar-refractivity contribution in [2.45, 2.75) is 13.8 Å². The number of rotatable bonds is 6. The second-order valence-corrected chi connectivity index (χ2v) is 13.6. The molecule has 0 aliphatic heterocycles. The molecule has 4 heterocycles.